The number of anilines is 1. The van der Waals surface area contributed by atoms with Gasteiger partial charge in [-0.1, -0.05) is 25.1 Å². The van der Waals surface area contributed by atoms with Crippen molar-refractivity contribution < 1.29 is 4.79 Å². The number of rotatable bonds is 1. The van der Waals surface area contributed by atoms with Crippen LogP contribution >= 0.6 is 0 Å². The van der Waals surface area contributed by atoms with Gasteiger partial charge in [0.05, 0.1) is 11.9 Å². The zero-order valence-corrected chi connectivity index (χ0v) is 13.9. The molecule has 1 aliphatic rings. The number of pyridine rings is 1. The molecular formula is C19H20N4O. The molecule has 122 valence electrons. The van der Waals surface area contributed by atoms with Crippen LogP contribution < -0.4 is 4.90 Å². The summed E-state index contributed by atoms with van der Waals surface area (Å²) in [5.41, 5.74) is 4.28. The summed E-state index contributed by atoms with van der Waals surface area (Å²) in [4.78, 5) is 23.9. The Bertz CT molecular complexity index is 915. The van der Waals surface area contributed by atoms with E-state index in [1.807, 2.05) is 34.7 Å². The molecule has 2 aromatic heterocycles. The number of benzene rings is 1. The summed E-state index contributed by atoms with van der Waals surface area (Å²) in [6.07, 6.45) is 5.48. The van der Waals surface area contributed by atoms with Crippen LogP contribution in [0.15, 0.2) is 42.9 Å². The fraction of sp³-hybridized carbons (Fsp3) is 0.316. The van der Waals surface area contributed by atoms with E-state index in [1.165, 1.54) is 5.56 Å². The number of imidazole rings is 1. The maximum absolute atomic E-state index is 13.3. The predicted octanol–water partition coefficient (Wildman–Crippen LogP) is 3.51. The normalized spacial score (nSPS) is 17.6. The highest BCUT2D eigenvalue weighted by atomic mass is 16.2. The zero-order valence-electron chi connectivity index (χ0n) is 13.9. The van der Waals surface area contributed by atoms with Crippen molar-refractivity contribution in [1.82, 2.24) is 14.5 Å². The van der Waals surface area contributed by atoms with Crippen LogP contribution in [0.3, 0.4) is 0 Å². The zero-order chi connectivity index (χ0) is 16.7. The lowest BCUT2D eigenvalue weighted by Crippen LogP contribution is -2.32. The van der Waals surface area contributed by atoms with Crippen molar-refractivity contribution in [3.05, 3.63) is 54.0 Å². The van der Waals surface area contributed by atoms with Crippen LogP contribution in [0.1, 0.15) is 41.6 Å². The SMILES string of the molecule is CC1CCCN(C(=O)c2ccnc3c2ncn3C)c2ccccc21. The van der Waals surface area contributed by atoms with Crippen molar-refractivity contribution in [2.75, 3.05) is 11.4 Å². The van der Waals surface area contributed by atoms with Crippen molar-refractivity contribution in [1.29, 1.82) is 0 Å². The molecule has 0 N–H and O–H groups in total. The van der Waals surface area contributed by atoms with E-state index in [0.717, 1.165) is 30.7 Å². The Morgan fingerprint density at radius 3 is 2.92 bits per heavy atom. The summed E-state index contributed by atoms with van der Waals surface area (Å²) in [5.74, 6) is 0.467. The van der Waals surface area contributed by atoms with Crippen molar-refractivity contribution >= 4 is 22.8 Å². The van der Waals surface area contributed by atoms with Crippen LogP contribution in [0.2, 0.25) is 0 Å². The van der Waals surface area contributed by atoms with Gasteiger partial charge >= 0.3 is 0 Å². The van der Waals surface area contributed by atoms with Gasteiger partial charge in [-0.2, -0.15) is 0 Å². The topological polar surface area (TPSA) is 51.0 Å². The molecule has 5 heteroatoms. The minimum Gasteiger partial charge on any atom is -0.318 e. The second-order valence-corrected chi connectivity index (χ2v) is 6.45. The number of carbonyl (C=O) groups excluding carboxylic acids is 1. The van der Waals surface area contributed by atoms with Gasteiger partial charge in [-0.3, -0.25) is 4.79 Å². The average molecular weight is 320 g/mol. The van der Waals surface area contributed by atoms with Crippen molar-refractivity contribution in [3.63, 3.8) is 0 Å². The fourth-order valence-electron chi connectivity index (χ4n) is 3.54. The number of hydrogen-bond donors (Lipinski definition) is 0. The summed E-state index contributed by atoms with van der Waals surface area (Å²) in [6, 6.07) is 10.0. The maximum Gasteiger partial charge on any atom is 0.260 e. The van der Waals surface area contributed by atoms with Crippen LogP contribution in [0.25, 0.3) is 11.2 Å². The number of carbonyl (C=O) groups is 1. The lowest BCUT2D eigenvalue weighted by molar-refractivity contribution is 0.0988. The Hall–Kier alpha value is -2.69. The first-order valence-corrected chi connectivity index (χ1v) is 8.33. The highest BCUT2D eigenvalue weighted by Gasteiger charge is 2.26. The third-order valence-corrected chi connectivity index (χ3v) is 4.85. The molecule has 1 atom stereocenters. The van der Waals surface area contributed by atoms with E-state index in [-0.39, 0.29) is 5.91 Å². The highest BCUT2D eigenvalue weighted by Crippen LogP contribution is 2.35. The Morgan fingerprint density at radius 2 is 2.04 bits per heavy atom. The summed E-state index contributed by atoms with van der Waals surface area (Å²) >= 11 is 0. The van der Waals surface area contributed by atoms with Crippen LogP contribution in [0, 0.1) is 0 Å². The molecule has 1 amide bonds. The first-order valence-electron chi connectivity index (χ1n) is 8.33. The summed E-state index contributed by atoms with van der Waals surface area (Å²) < 4.78 is 1.84. The fourth-order valence-corrected chi connectivity index (χ4v) is 3.54. The molecule has 1 aliphatic heterocycles. The molecule has 24 heavy (non-hydrogen) atoms. The standard InChI is InChI=1S/C19H20N4O/c1-13-6-5-11-23(16-8-4-3-7-14(13)16)19(24)15-9-10-20-18-17(15)21-12-22(18)2/h3-4,7-10,12-13H,5-6,11H2,1-2H3. The van der Waals surface area contributed by atoms with Crippen molar-refractivity contribution in [2.45, 2.75) is 25.7 Å². The number of aryl methyl sites for hydroxylation is 1. The molecule has 1 aromatic carbocycles. The largest absolute Gasteiger partial charge is 0.318 e. The van der Waals surface area contributed by atoms with Crippen LogP contribution in [0.5, 0.6) is 0 Å². The average Bonchev–Trinajstić information content (AvgIpc) is 2.90. The maximum atomic E-state index is 13.3. The van der Waals surface area contributed by atoms with E-state index >= 15 is 0 Å². The molecule has 0 aliphatic carbocycles. The summed E-state index contributed by atoms with van der Waals surface area (Å²) in [5, 5.41) is 0. The van der Waals surface area contributed by atoms with Gasteiger partial charge in [-0.05, 0) is 36.5 Å². The second kappa shape index (κ2) is 5.74. The Balaban J connectivity index is 1.83. The van der Waals surface area contributed by atoms with E-state index in [1.54, 1.807) is 18.6 Å². The van der Waals surface area contributed by atoms with E-state index in [4.69, 9.17) is 0 Å². The van der Waals surface area contributed by atoms with Crippen LogP contribution in [0.4, 0.5) is 5.69 Å². The molecule has 3 heterocycles. The van der Waals surface area contributed by atoms with E-state index in [2.05, 4.69) is 23.0 Å². The Morgan fingerprint density at radius 1 is 1.21 bits per heavy atom. The molecule has 0 radical (unpaired) electrons. The van der Waals surface area contributed by atoms with Gasteiger partial charge in [0.15, 0.2) is 5.65 Å². The van der Waals surface area contributed by atoms with Gasteiger partial charge < -0.3 is 9.47 Å². The lowest BCUT2D eigenvalue weighted by atomic mass is 9.96. The van der Waals surface area contributed by atoms with E-state index < -0.39 is 0 Å². The van der Waals surface area contributed by atoms with E-state index in [0.29, 0.717) is 17.0 Å². The number of amides is 1. The molecule has 0 bridgehead atoms. The minimum atomic E-state index is 0.00245. The number of hydrogen-bond acceptors (Lipinski definition) is 3. The van der Waals surface area contributed by atoms with E-state index in [9.17, 15) is 4.79 Å². The molecular weight excluding hydrogens is 300 g/mol. The number of para-hydroxylation sites is 1. The molecule has 1 unspecified atom stereocenters. The summed E-state index contributed by atoms with van der Waals surface area (Å²) in [6.45, 7) is 2.97. The highest BCUT2D eigenvalue weighted by molar-refractivity contribution is 6.12. The molecule has 0 saturated heterocycles. The number of aromatic nitrogens is 3. The first-order chi connectivity index (χ1) is 11.7. The van der Waals surface area contributed by atoms with Gasteiger partial charge in [-0.25, -0.2) is 9.97 Å². The van der Waals surface area contributed by atoms with Crippen molar-refractivity contribution in [2.24, 2.45) is 7.05 Å². The Kier molecular flexibility index (Phi) is 3.56. The molecule has 3 aromatic rings. The van der Waals surface area contributed by atoms with Crippen molar-refractivity contribution in [3.8, 4) is 0 Å². The summed E-state index contributed by atoms with van der Waals surface area (Å²) in [7, 11) is 1.89. The number of fused-ring (bicyclic) bond motifs is 2. The molecule has 4 rings (SSSR count). The third kappa shape index (κ3) is 2.28. The predicted molar refractivity (Wildman–Crippen MR) is 94.3 cm³/mol. The van der Waals surface area contributed by atoms with Gasteiger partial charge in [0.1, 0.15) is 5.52 Å². The second-order valence-electron chi connectivity index (χ2n) is 6.45. The molecule has 0 saturated carbocycles. The quantitative estimate of drug-likeness (QED) is 0.689. The molecule has 0 spiro atoms. The molecule has 0 fully saturated rings. The lowest BCUT2D eigenvalue weighted by Gasteiger charge is -2.23. The van der Waals surface area contributed by atoms with Gasteiger partial charge in [-0.15, -0.1) is 0 Å². The third-order valence-electron chi connectivity index (χ3n) is 4.85. The van der Waals surface area contributed by atoms with Crippen LogP contribution in [-0.2, 0) is 7.05 Å². The number of nitrogens with zero attached hydrogens (tertiary/aromatic N) is 4. The molecule has 5 nitrogen and oxygen atoms in total. The first kappa shape index (κ1) is 14.9. The van der Waals surface area contributed by atoms with Gasteiger partial charge in [0, 0.05) is 25.5 Å². The minimum absolute atomic E-state index is 0.00245. The smallest absolute Gasteiger partial charge is 0.260 e. The van der Waals surface area contributed by atoms with Gasteiger partial charge in [0.2, 0.25) is 0 Å². The Labute approximate surface area is 140 Å². The van der Waals surface area contributed by atoms with Crippen LogP contribution in [-0.4, -0.2) is 27.0 Å². The van der Waals surface area contributed by atoms with Gasteiger partial charge in [0.25, 0.3) is 5.91 Å². The monoisotopic (exact) mass is 320 g/mol.